The quantitative estimate of drug-likeness (QED) is 0.785. The average molecular weight is 298 g/mol. The Labute approximate surface area is 125 Å². The summed E-state index contributed by atoms with van der Waals surface area (Å²) in [7, 11) is 0. The van der Waals surface area contributed by atoms with Crippen molar-refractivity contribution in [3.63, 3.8) is 0 Å². The molecule has 1 aliphatic rings. The molecular weight excluding hydrogens is 284 g/mol. The van der Waals surface area contributed by atoms with E-state index in [9.17, 15) is 0 Å². The highest BCUT2D eigenvalue weighted by Crippen LogP contribution is 2.32. The third-order valence-electron chi connectivity index (χ3n) is 3.86. The van der Waals surface area contributed by atoms with Gasteiger partial charge in [-0.3, -0.25) is 0 Å². The highest BCUT2D eigenvalue weighted by Gasteiger charge is 2.15. The molecule has 0 amide bonds. The summed E-state index contributed by atoms with van der Waals surface area (Å²) in [5, 5.41) is 10.2. The lowest BCUT2D eigenvalue weighted by Crippen LogP contribution is -2.02. The number of aryl methyl sites for hydroxylation is 2. The molecule has 2 aromatic heterocycles. The van der Waals surface area contributed by atoms with Crippen LogP contribution in [0.3, 0.4) is 0 Å². The Bertz CT molecular complexity index is 793. The SMILES string of the molecule is Nc1nonc1-c1nc(-c2ccc3c(c2)CCCC3)cs1. The van der Waals surface area contributed by atoms with Crippen molar-refractivity contribution in [3.8, 4) is 22.0 Å². The number of benzene rings is 1. The summed E-state index contributed by atoms with van der Waals surface area (Å²) in [5.74, 6) is 0.279. The van der Waals surface area contributed by atoms with Gasteiger partial charge < -0.3 is 5.73 Å². The highest BCUT2D eigenvalue weighted by atomic mass is 32.1. The second kappa shape index (κ2) is 4.96. The third-order valence-corrected chi connectivity index (χ3v) is 4.71. The molecule has 106 valence electrons. The number of fused-ring (bicyclic) bond motifs is 1. The number of thiazole rings is 1. The number of anilines is 1. The van der Waals surface area contributed by atoms with E-state index in [2.05, 4.69) is 38.1 Å². The minimum absolute atomic E-state index is 0.279. The Morgan fingerprint density at radius 2 is 1.95 bits per heavy atom. The van der Waals surface area contributed by atoms with Crippen molar-refractivity contribution in [2.24, 2.45) is 0 Å². The molecule has 0 bridgehead atoms. The monoisotopic (exact) mass is 298 g/mol. The van der Waals surface area contributed by atoms with E-state index in [1.807, 2.05) is 5.38 Å². The van der Waals surface area contributed by atoms with Crippen LogP contribution in [0.5, 0.6) is 0 Å². The molecule has 5 nitrogen and oxygen atoms in total. The van der Waals surface area contributed by atoms with Gasteiger partial charge in [-0.2, -0.15) is 0 Å². The van der Waals surface area contributed by atoms with Crippen LogP contribution in [0.2, 0.25) is 0 Å². The van der Waals surface area contributed by atoms with Gasteiger partial charge in [0.15, 0.2) is 11.5 Å². The van der Waals surface area contributed by atoms with E-state index in [0.29, 0.717) is 5.69 Å². The summed E-state index contributed by atoms with van der Waals surface area (Å²) in [6, 6.07) is 6.64. The molecule has 0 aliphatic heterocycles. The molecule has 0 fully saturated rings. The van der Waals surface area contributed by atoms with Crippen LogP contribution >= 0.6 is 11.3 Å². The summed E-state index contributed by atoms with van der Waals surface area (Å²) in [4.78, 5) is 4.61. The molecule has 0 spiro atoms. The van der Waals surface area contributed by atoms with Crippen molar-refractivity contribution >= 4 is 17.2 Å². The summed E-state index contributed by atoms with van der Waals surface area (Å²) >= 11 is 1.50. The number of rotatable bonds is 2. The van der Waals surface area contributed by atoms with Gasteiger partial charge in [0, 0.05) is 10.9 Å². The minimum atomic E-state index is 0.279. The molecule has 21 heavy (non-hydrogen) atoms. The molecule has 1 aliphatic carbocycles. The molecule has 0 saturated carbocycles. The van der Waals surface area contributed by atoms with Gasteiger partial charge in [-0.1, -0.05) is 12.1 Å². The number of nitrogens with zero attached hydrogens (tertiary/aromatic N) is 3. The van der Waals surface area contributed by atoms with Gasteiger partial charge in [-0.05, 0) is 53.2 Å². The second-order valence-corrected chi connectivity index (χ2v) is 6.08. The third kappa shape index (κ3) is 2.21. The van der Waals surface area contributed by atoms with Gasteiger partial charge >= 0.3 is 0 Å². The predicted octanol–water partition coefficient (Wildman–Crippen LogP) is 3.32. The minimum Gasteiger partial charge on any atom is -0.379 e. The number of hydrogen-bond donors (Lipinski definition) is 1. The first-order valence-electron chi connectivity index (χ1n) is 6.97. The zero-order valence-corrected chi connectivity index (χ0v) is 12.2. The fourth-order valence-electron chi connectivity index (χ4n) is 2.75. The number of hydrogen-bond acceptors (Lipinski definition) is 6. The Morgan fingerprint density at radius 1 is 1.10 bits per heavy atom. The van der Waals surface area contributed by atoms with E-state index in [4.69, 9.17) is 5.73 Å². The van der Waals surface area contributed by atoms with Crippen LogP contribution in [-0.2, 0) is 12.8 Å². The Hall–Kier alpha value is -2.21. The van der Waals surface area contributed by atoms with Crippen molar-refractivity contribution in [3.05, 3.63) is 34.7 Å². The normalized spacial score (nSPS) is 14.1. The predicted molar refractivity (Wildman–Crippen MR) is 81.9 cm³/mol. The largest absolute Gasteiger partial charge is 0.379 e. The van der Waals surface area contributed by atoms with Gasteiger partial charge in [-0.25, -0.2) is 9.61 Å². The van der Waals surface area contributed by atoms with Crippen molar-refractivity contribution in [1.29, 1.82) is 0 Å². The van der Waals surface area contributed by atoms with Gasteiger partial charge in [0.1, 0.15) is 5.01 Å². The standard InChI is InChI=1S/C15H14N4OS/c16-14-13(18-20-19-14)15-17-12(8-21-15)11-6-5-9-3-1-2-4-10(9)7-11/h5-8H,1-4H2,(H2,16,19). The van der Waals surface area contributed by atoms with E-state index in [1.54, 1.807) is 0 Å². The zero-order valence-electron chi connectivity index (χ0n) is 11.4. The fourth-order valence-corrected chi connectivity index (χ4v) is 3.57. The van der Waals surface area contributed by atoms with Crippen molar-refractivity contribution < 1.29 is 4.63 Å². The van der Waals surface area contributed by atoms with Crippen molar-refractivity contribution in [1.82, 2.24) is 15.3 Å². The topological polar surface area (TPSA) is 77.8 Å². The first-order chi connectivity index (χ1) is 10.3. The molecule has 0 unspecified atom stereocenters. The van der Waals surface area contributed by atoms with Gasteiger partial charge in [-0.15, -0.1) is 11.3 Å². The van der Waals surface area contributed by atoms with E-state index < -0.39 is 0 Å². The van der Waals surface area contributed by atoms with Gasteiger partial charge in [0.05, 0.1) is 5.69 Å². The zero-order chi connectivity index (χ0) is 14.2. The number of nitrogen functional groups attached to an aromatic ring is 1. The lowest BCUT2D eigenvalue weighted by Gasteiger charge is -2.15. The summed E-state index contributed by atoms with van der Waals surface area (Å²) in [5.41, 5.74) is 11.3. The van der Waals surface area contributed by atoms with Crippen molar-refractivity contribution in [2.75, 3.05) is 5.73 Å². The maximum atomic E-state index is 5.71. The molecule has 0 radical (unpaired) electrons. The average Bonchev–Trinajstić information content (AvgIpc) is 3.15. The van der Waals surface area contributed by atoms with Crippen molar-refractivity contribution in [2.45, 2.75) is 25.7 Å². The molecule has 1 aromatic carbocycles. The second-order valence-electron chi connectivity index (χ2n) is 5.23. The Kier molecular flexibility index (Phi) is 2.96. The van der Waals surface area contributed by atoms with Crippen LogP contribution in [0.15, 0.2) is 28.2 Å². The molecule has 3 aromatic rings. The van der Waals surface area contributed by atoms with E-state index >= 15 is 0 Å². The summed E-state index contributed by atoms with van der Waals surface area (Å²) in [6.45, 7) is 0. The first kappa shape index (κ1) is 12.5. The Morgan fingerprint density at radius 3 is 2.76 bits per heavy atom. The van der Waals surface area contributed by atoms with Crippen LogP contribution in [-0.4, -0.2) is 15.3 Å². The van der Waals surface area contributed by atoms with Crippen LogP contribution in [0.1, 0.15) is 24.0 Å². The molecule has 0 saturated heterocycles. The maximum absolute atomic E-state index is 5.71. The fraction of sp³-hybridized carbons (Fsp3) is 0.267. The molecule has 0 atom stereocenters. The summed E-state index contributed by atoms with van der Waals surface area (Å²) < 4.78 is 4.63. The van der Waals surface area contributed by atoms with Gasteiger partial charge in [0.2, 0.25) is 0 Å². The van der Waals surface area contributed by atoms with Crippen LogP contribution in [0.25, 0.3) is 22.0 Å². The maximum Gasteiger partial charge on any atom is 0.198 e. The molecule has 4 rings (SSSR count). The smallest absolute Gasteiger partial charge is 0.198 e. The molecule has 6 heteroatoms. The van der Waals surface area contributed by atoms with Crippen LogP contribution in [0, 0.1) is 0 Å². The van der Waals surface area contributed by atoms with Crippen LogP contribution in [0.4, 0.5) is 5.82 Å². The summed E-state index contributed by atoms with van der Waals surface area (Å²) in [6.07, 6.45) is 4.94. The highest BCUT2D eigenvalue weighted by molar-refractivity contribution is 7.13. The number of nitrogens with two attached hydrogens (primary N) is 1. The van der Waals surface area contributed by atoms with E-state index in [-0.39, 0.29) is 5.82 Å². The Balaban J connectivity index is 1.71. The van der Waals surface area contributed by atoms with E-state index in [0.717, 1.165) is 16.3 Å². The van der Waals surface area contributed by atoms with Crippen LogP contribution < -0.4 is 5.73 Å². The lowest BCUT2D eigenvalue weighted by atomic mass is 9.90. The number of aromatic nitrogens is 3. The first-order valence-corrected chi connectivity index (χ1v) is 7.85. The molecule has 2 N–H and O–H groups in total. The molecule has 2 heterocycles. The molecular formula is C15H14N4OS. The lowest BCUT2D eigenvalue weighted by molar-refractivity contribution is 0.310. The van der Waals surface area contributed by atoms with E-state index in [1.165, 1.54) is 48.1 Å². The van der Waals surface area contributed by atoms with Gasteiger partial charge in [0.25, 0.3) is 0 Å².